The van der Waals surface area contributed by atoms with Crippen LogP contribution in [-0.2, 0) is 4.74 Å². The van der Waals surface area contributed by atoms with Crippen LogP contribution in [0.3, 0.4) is 0 Å². The van der Waals surface area contributed by atoms with Gasteiger partial charge in [0.2, 0.25) is 5.82 Å². The van der Waals surface area contributed by atoms with Crippen molar-refractivity contribution in [2.45, 2.75) is 45.1 Å². The van der Waals surface area contributed by atoms with Crippen LogP contribution < -0.4 is 5.56 Å². The van der Waals surface area contributed by atoms with E-state index in [0.717, 1.165) is 12.1 Å². The second kappa shape index (κ2) is 8.85. The zero-order valence-electron chi connectivity index (χ0n) is 19.9. The van der Waals surface area contributed by atoms with Gasteiger partial charge in [0.1, 0.15) is 28.4 Å². The highest BCUT2D eigenvalue weighted by atomic mass is 19.1. The number of fused-ring (bicyclic) bond motifs is 1. The van der Waals surface area contributed by atoms with Crippen LogP contribution in [0.4, 0.5) is 13.6 Å². The highest BCUT2D eigenvalue weighted by Gasteiger charge is 2.29. The fourth-order valence-corrected chi connectivity index (χ4v) is 4.26. The van der Waals surface area contributed by atoms with Crippen molar-refractivity contribution in [2.75, 3.05) is 13.1 Å². The fraction of sp³-hybridized carbons (Fsp3) is 0.375. The van der Waals surface area contributed by atoms with Crippen LogP contribution in [0.25, 0.3) is 28.5 Å². The molecule has 0 atom stereocenters. The Morgan fingerprint density at radius 1 is 1.17 bits per heavy atom. The van der Waals surface area contributed by atoms with E-state index in [9.17, 15) is 18.4 Å². The zero-order valence-corrected chi connectivity index (χ0v) is 19.9. The molecule has 1 fully saturated rings. The summed E-state index contributed by atoms with van der Waals surface area (Å²) >= 11 is 0. The Bertz CT molecular complexity index is 1490. The number of aromatic nitrogens is 5. The molecule has 1 aliphatic heterocycles. The average molecular weight is 498 g/mol. The zero-order chi connectivity index (χ0) is 25.6. The number of benzene rings is 1. The number of ether oxygens (including phenoxy) is 1. The molecule has 0 bridgehead atoms. The number of H-pyrrole nitrogens is 1. The third-order valence-electron chi connectivity index (χ3n) is 5.93. The minimum Gasteiger partial charge on any atom is -0.444 e. The summed E-state index contributed by atoms with van der Waals surface area (Å²) in [5.74, 6) is -1.60. The fourth-order valence-electron chi connectivity index (χ4n) is 4.26. The minimum atomic E-state index is -0.823. The van der Waals surface area contributed by atoms with E-state index in [-0.39, 0.29) is 34.8 Å². The Balaban J connectivity index is 1.41. The Hall–Kier alpha value is -4.09. The van der Waals surface area contributed by atoms with Gasteiger partial charge in [-0.1, -0.05) is 5.16 Å². The van der Waals surface area contributed by atoms with Gasteiger partial charge in [0.25, 0.3) is 11.4 Å². The summed E-state index contributed by atoms with van der Waals surface area (Å²) in [6.07, 6.45) is 2.37. The third kappa shape index (κ3) is 4.58. The van der Waals surface area contributed by atoms with Gasteiger partial charge in [-0.05, 0) is 45.7 Å². The predicted molar refractivity (Wildman–Crippen MR) is 124 cm³/mol. The number of halogens is 2. The Labute approximate surface area is 203 Å². The van der Waals surface area contributed by atoms with Crippen molar-refractivity contribution in [3.63, 3.8) is 0 Å². The van der Waals surface area contributed by atoms with Gasteiger partial charge in [-0.2, -0.15) is 10.1 Å². The van der Waals surface area contributed by atoms with E-state index in [1.54, 1.807) is 9.42 Å². The molecule has 0 aliphatic carbocycles. The van der Waals surface area contributed by atoms with Gasteiger partial charge in [-0.3, -0.25) is 4.79 Å². The van der Waals surface area contributed by atoms with Gasteiger partial charge in [-0.25, -0.2) is 18.1 Å². The summed E-state index contributed by atoms with van der Waals surface area (Å²) in [6, 6.07) is 4.55. The molecule has 0 saturated carbocycles. The highest BCUT2D eigenvalue weighted by Crippen LogP contribution is 2.31. The van der Waals surface area contributed by atoms with Crippen LogP contribution in [0.5, 0.6) is 0 Å². The topological polar surface area (TPSA) is 119 Å². The number of nitrogens with one attached hydrogen (secondary N) is 1. The van der Waals surface area contributed by atoms with Gasteiger partial charge < -0.3 is 19.1 Å². The van der Waals surface area contributed by atoms with E-state index in [1.807, 2.05) is 20.8 Å². The second-order valence-electron chi connectivity index (χ2n) is 9.67. The van der Waals surface area contributed by atoms with Crippen molar-refractivity contribution in [1.82, 2.24) is 29.6 Å². The van der Waals surface area contributed by atoms with Crippen molar-refractivity contribution >= 4 is 11.7 Å². The van der Waals surface area contributed by atoms with E-state index in [1.165, 1.54) is 18.3 Å². The maximum absolute atomic E-state index is 14.2. The Morgan fingerprint density at radius 3 is 2.61 bits per heavy atom. The first-order chi connectivity index (χ1) is 17.1. The van der Waals surface area contributed by atoms with Crippen molar-refractivity contribution in [3.8, 4) is 22.8 Å². The van der Waals surface area contributed by atoms with Crippen molar-refractivity contribution in [1.29, 1.82) is 0 Å². The lowest BCUT2D eigenvalue weighted by Gasteiger charge is -2.33. The monoisotopic (exact) mass is 498 g/mol. The first-order valence-electron chi connectivity index (χ1n) is 11.5. The summed E-state index contributed by atoms with van der Waals surface area (Å²) in [6.45, 7) is 6.43. The van der Waals surface area contributed by atoms with Gasteiger partial charge in [0, 0.05) is 31.1 Å². The molecule has 0 spiro atoms. The van der Waals surface area contributed by atoms with Crippen LogP contribution in [0.15, 0.2) is 39.8 Å². The number of carbonyl (C=O) groups excluding carboxylic acids is 1. The predicted octanol–water partition coefficient (Wildman–Crippen LogP) is 4.13. The van der Waals surface area contributed by atoms with Crippen LogP contribution >= 0.6 is 0 Å². The van der Waals surface area contributed by atoms with Crippen molar-refractivity contribution in [2.24, 2.45) is 0 Å². The number of aromatic amines is 1. The van der Waals surface area contributed by atoms with E-state index in [2.05, 4.69) is 20.2 Å². The summed E-state index contributed by atoms with van der Waals surface area (Å²) in [4.78, 5) is 33.5. The van der Waals surface area contributed by atoms with Gasteiger partial charge in [0.05, 0.1) is 17.5 Å². The molecule has 0 unspecified atom stereocenters. The summed E-state index contributed by atoms with van der Waals surface area (Å²) in [5, 5.41) is 8.21. The van der Waals surface area contributed by atoms with Crippen LogP contribution in [0.2, 0.25) is 0 Å². The standard InChI is InChI=1S/C24H24F2N6O4/c1-24(2,3)35-23(34)31-8-6-13(7-9-31)18-11-19(33)28-21-16(12-27-32(18)21)22-29-20(30-36-22)15-5-4-14(25)10-17(15)26/h4-5,10-13H,6-9H2,1-3H3,(H,28,33). The molecule has 4 aromatic rings. The molecule has 4 heterocycles. The van der Waals surface area contributed by atoms with E-state index < -0.39 is 17.2 Å². The number of rotatable bonds is 3. The smallest absolute Gasteiger partial charge is 0.410 e. The third-order valence-corrected chi connectivity index (χ3v) is 5.93. The molecule has 188 valence electrons. The number of piperidine rings is 1. The molecule has 5 rings (SSSR count). The number of hydrogen-bond donors (Lipinski definition) is 1. The highest BCUT2D eigenvalue weighted by molar-refractivity contribution is 5.72. The number of carbonyl (C=O) groups is 1. The normalized spacial score (nSPS) is 15.0. The molecule has 10 nitrogen and oxygen atoms in total. The SMILES string of the molecule is CC(C)(C)OC(=O)N1CCC(c2cc(=O)[nH]c3c(-c4nc(-c5ccc(F)cc5F)no4)cnn23)CC1. The minimum absolute atomic E-state index is 0.0196. The molecular weight excluding hydrogens is 474 g/mol. The summed E-state index contributed by atoms with van der Waals surface area (Å²) in [5.41, 5.74) is 0.471. The molecule has 1 amide bonds. The molecule has 36 heavy (non-hydrogen) atoms. The van der Waals surface area contributed by atoms with Gasteiger partial charge >= 0.3 is 6.09 Å². The lowest BCUT2D eigenvalue weighted by Crippen LogP contribution is -2.41. The number of likely N-dealkylation sites (tertiary alicyclic amines) is 1. The largest absolute Gasteiger partial charge is 0.444 e. The molecule has 1 aliphatic rings. The molecule has 1 saturated heterocycles. The van der Waals surface area contributed by atoms with Crippen LogP contribution in [0.1, 0.15) is 45.2 Å². The number of amides is 1. The van der Waals surface area contributed by atoms with Crippen LogP contribution in [0, 0.1) is 11.6 Å². The van der Waals surface area contributed by atoms with Crippen molar-refractivity contribution in [3.05, 3.63) is 58.1 Å². The molecule has 3 aromatic heterocycles. The quantitative estimate of drug-likeness (QED) is 0.451. The summed E-state index contributed by atoms with van der Waals surface area (Å²) < 4.78 is 39.8. The van der Waals surface area contributed by atoms with E-state index >= 15 is 0 Å². The first kappa shape index (κ1) is 23.6. The maximum atomic E-state index is 14.2. The molecular formula is C24H24F2N6O4. The number of nitrogens with zero attached hydrogens (tertiary/aromatic N) is 5. The van der Waals surface area contributed by atoms with E-state index in [0.29, 0.717) is 42.8 Å². The molecule has 0 radical (unpaired) electrons. The number of hydrogen-bond acceptors (Lipinski definition) is 7. The maximum Gasteiger partial charge on any atom is 0.410 e. The van der Waals surface area contributed by atoms with Gasteiger partial charge in [0.15, 0.2) is 0 Å². The molecule has 12 heteroatoms. The van der Waals surface area contributed by atoms with E-state index in [4.69, 9.17) is 9.26 Å². The Morgan fingerprint density at radius 2 is 1.92 bits per heavy atom. The molecule has 1 aromatic carbocycles. The summed E-state index contributed by atoms with van der Waals surface area (Å²) in [7, 11) is 0. The van der Waals surface area contributed by atoms with Crippen LogP contribution in [-0.4, -0.2) is 54.4 Å². The Kier molecular flexibility index (Phi) is 5.81. The first-order valence-corrected chi connectivity index (χ1v) is 11.5. The lowest BCUT2D eigenvalue weighted by molar-refractivity contribution is 0.0203. The van der Waals surface area contributed by atoms with Crippen molar-refractivity contribution < 1.29 is 22.8 Å². The second-order valence-corrected chi connectivity index (χ2v) is 9.67. The lowest BCUT2D eigenvalue weighted by atomic mass is 9.93. The van der Waals surface area contributed by atoms with Gasteiger partial charge in [-0.15, -0.1) is 0 Å². The average Bonchev–Trinajstić information content (AvgIpc) is 3.44. The molecule has 1 N–H and O–H groups in total.